The molecule has 1 saturated carbocycles. The van der Waals surface area contributed by atoms with Crippen LogP contribution in [0.2, 0.25) is 0 Å². The summed E-state index contributed by atoms with van der Waals surface area (Å²) >= 11 is 0. The SMILES string of the molecule is O=[N+]([O-])c1ccc(-c2noc(CNCC3CC3)n2)cc1. The lowest BCUT2D eigenvalue weighted by Crippen LogP contribution is -2.16. The Bertz CT molecular complexity index is 604. The van der Waals surface area contributed by atoms with Crippen molar-refractivity contribution in [2.45, 2.75) is 19.4 Å². The maximum absolute atomic E-state index is 10.6. The van der Waals surface area contributed by atoms with Crippen LogP contribution in [0.5, 0.6) is 0 Å². The van der Waals surface area contributed by atoms with Gasteiger partial charge in [0.1, 0.15) is 0 Å². The molecule has 7 heteroatoms. The van der Waals surface area contributed by atoms with Crippen molar-refractivity contribution in [2.24, 2.45) is 5.92 Å². The summed E-state index contributed by atoms with van der Waals surface area (Å²) in [6.45, 7) is 1.53. The van der Waals surface area contributed by atoms with E-state index < -0.39 is 4.92 Å². The molecule has 1 aliphatic rings. The molecule has 0 amide bonds. The van der Waals surface area contributed by atoms with Gasteiger partial charge in [-0.25, -0.2) is 0 Å². The molecule has 3 rings (SSSR count). The van der Waals surface area contributed by atoms with E-state index in [0.717, 1.165) is 12.5 Å². The first kappa shape index (κ1) is 12.7. The summed E-state index contributed by atoms with van der Waals surface area (Å²) in [5.74, 6) is 1.77. The molecule has 0 unspecified atom stereocenters. The number of hydrogen-bond donors (Lipinski definition) is 1. The fourth-order valence-electron chi connectivity index (χ4n) is 1.88. The van der Waals surface area contributed by atoms with Crippen molar-refractivity contribution in [2.75, 3.05) is 6.54 Å². The third-order valence-corrected chi connectivity index (χ3v) is 3.21. The summed E-state index contributed by atoms with van der Waals surface area (Å²) in [5.41, 5.74) is 0.747. The second-order valence-electron chi connectivity index (χ2n) is 4.89. The lowest BCUT2D eigenvalue weighted by molar-refractivity contribution is -0.384. The van der Waals surface area contributed by atoms with E-state index in [2.05, 4.69) is 15.5 Å². The van der Waals surface area contributed by atoms with Gasteiger partial charge in [0.05, 0.1) is 11.5 Å². The minimum Gasteiger partial charge on any atom is -0.338 e. The van der Waals surface area contributed by atoms with Crippen molar-refractivity contribution in [3.8, 4) is 11.4 Å². The number of hydrogen-bond acceptors (Lipinski definition) is 6. The largest absolute Gasteiger partial charge is 0.338 e. The highest BCUT2D eigenvalue weighted by Gasteiger charge is 2.20. The Balaban J connectivity index is 1.64. The van der Waals surface area contributed by atoms with Gasteiger partial charge in [0.2, 0.25) is 11.7 Å². The van der Waals surface area contributed by atoms with Gasteiger partial charge in [-0.1, -0.05) is 5.16 Å². The number of nitro benzene ring substituents is 1. The zero-order valence-corrected chi connectivity index (χ0v) is 10.8. The molecule has 1 aliphatic carbocycles. The van der Waals surface area contributed by atoms with Crippen LogP contribution in [0, 0.1) is 16.0 Å². The number of rotatable bonds is 6. The molecule has 0 aliphatic heterocycles. The van der Waals surface area contributed by atoms with Gasteiger partial charge in [0, 0.05) is 17.7 Å². The summed E-state index contributed by atoms with van der Waals surface area (Å²) in [6, 6.07) is 6.09. The van der Waals surface area contributed by atoms with Gasteiger partial charge in [-0.15, -0.1) is 0 Å². The lowest BCUT2D eigenvalue weighted by Gasteiger charge is -1.97. The van der Waals surface area contributed by atoms with E-state index >= 15 is 0 Å². The molecule has 104 valence electrons. The molecule has 0 bridgehead atoms. The number of nitrogens with zero attached hydrogens (tertiary/aromatic N) is 3. The summed E-state index contributed by atoms with van der Waals surface area (Å²) in [6.07, 6.45) is 2.59. The topological polar surface area (TPSA) is 94.1 Å². The first-order valence-electron chi connectivity index (χ1n) is 6.50. The average Bonchev–Trinajstić information content (AvgIpc) is 3.15. The molecule has 1 fully saturated rings. The molecule has 1 aromatic heterocycles. The maximum Gasteiger partial charge on any atom is 0.269 e. The fourth-order valence-corrected chi connectivity index (χ4v) is 1.88. The summed E-state index contributed by atoms with van der Waals surface area (Å²) < 4.78 is 5.14. The molecule has 0 saturated heterocycles. The number of non-ortho nitro benzene ring substituents is 1. The van der Waals surface area contributed by atoms with Crippen molar-refractivity contribution < 1.29 is 9.45 Å². The number of benzene rings is 1. The minimum absolute atomic E-state index is 0.0450. The van der Waals surface area contributed by atoms with E-state index in [4.69, 9.17) is 4.52 Å². The molecular formula is C13H14N4O3. The van der Waals surface area contributed by atoms with Crippen LogP contribution in [0.3, 0.4) is 0 Å². The molecule has 1 aromatic carbocycles. The molecule has 1 heterocycles. The Labute approximate surface area is 115 Å². The predicted octanol–water partition coefficient (Wildman–Crippen LogP) is 2.14. The number of aromatic nitrogens is 2. The molecule has 0 spiro atoms. The van der Waals surface area contributed by atoms with Gasteiger partial charge in [0.25, 0.3) is 5.69 Å². The molecular weight excluding hydrogens is 260 g/mol. The van der Waals surface area contributed by atoms with Gasteiger partial charge in [0.15, 0.2) is 0 Å². The first-order chi connectivity index (χ1) is 9.72. The van der Waals surface area contributed by atoms with Crippen LogP contribution in [0.1, 0.15) is 18.7 Å². The van der Waals surface area contributed by atoms with Crippen molar-refractivity contribution in [1.29, 1.82) is 0 Å². The van der Waals surface area contributed by atoms with Crippen LogP contribution in [0.4, 0.5) is 5.69 Å². The van der Waals surface area contributed by atoms with Crippen molar-refractivity contribution >= 4 is 5.69 Å². The normalized spacial score (nSPS) is 14.4. The Morgan fingerprint density at radius 3 is 2.75 bits per heavy atom. The van der Waals surface area contributed by atoms with Crippen molar-refractivity contribution in [1.82, 2.24) is 15.5 Å². The van der Waals surface area contributed by atoms with E-state index in [1.807, 2.05) is 0 Å². The Morgan fingerprint density at radius 2 is 2.10 bits per heavy atom. The molecule has 7 nitrogen and oxygen atoms in total. The van der Waals surface area contributed by atoms with E-state index in [1.54, 1.807) is 12.1 Å². The van der Waals surface area contributed by atoms with Gasteiger partial charge in [-0.2, -0.15) is 4.98 Å². The Hall–Kier alpha value is -2.28. The maximum atomic E-state index is 10.6. The predicted molar refractivity (Wildman–Crippen MR) is 70.8 cm³/mol. The van der Waals surface area contributed by atoms with Crippen LogP contribution >= 0.6 is 0 Å². The highest BCUT2D eigenvalue weighted by Crippen LogP contribution is 2.27. The Morgan fingerprint density at radius 1 is 1.35 bits per heavy atom. The van der Waals surface area contributed by atoms with Crippen LogP contribution in [-0.2, 0) is 6.54 Å². The highest BCUT2D eigenvalue weighted by molar-refractivity contribution is 5.56. The van der Waals surface area contributed by atoms with E-state index in [-0.39, 0.29) is 5.69 Å². The standard InChI is InChI=1S/C13H14N4O3/c18-17(19)11-5-3-10(4-6-11)13-15-12(20-16-13)8-14-7-9-1-2-9/h3-6,9,14H,1-2,7-8H2. The summed E-state index contributed by atoms with van der Waals surface area (Å²) in [5, 5.41) is 17.7. The van der Waals surface area contributed by atoms with E-state index in [1.165, 1.54) is 25.0 Å². The Kier molecular flexibility index (Phi) is 3.42. The molecule has 0 atom stereocenters. The molecule has 1 N–H and O–H groups in total. The van der Waals surface area contributed by atoms with Crippen LogP contribution in [-0.4, -0.2) is 21.6 Å². The molecule has 2 aromatic rings. The summed E-state index contributed by atoms with van der Waals surface area (Å²) in [7, 11) is 0. The van der Waals surface area contributed by atoms with Gasteiger partial charge >= 0.3 is 0 Å². The second kappa shape index (κ2) is 5.38. The van der Waals surface area contributed by atoms with Crippen LogP contribution < -0.4 is 5.32 Å². The average molecular weight is 274 g/mol. The van der Waals surface area contributed by atoms with Gasteiger partial charge in [-0.3, -0.25) is 10.1 Å². The van der Waals surface area contributed by atoms with Crippen molar-refractivity contribution in [3.63, 3.8) is 0 Å². The van der Waals surface area contributed by atoms with E-state index in [9.17, 15) is 10.1 Å². The second-order valence-corrected chi connectivity index (χ2v) is 4.89. The molecule has 0 radical (unpaired) electrons. The van der Waals surface area contributed by atoms with Crippen molar-refractivity contribution in [3.05, 3.63) is 40.3 Å². The summed E-state index contributed by atoms with van der Waals surface area (Å²) in [4.78, 5) is 14.4. The molecule has 20 heavy (non-hydrogen) atoms. The van der Waals surface area contributed by atoms with Gasteiger partial charge in [-0.05, 0) is 37.4 Å². The third-order valence-electron chi connectivity index (χ3n) is 3.21. The smallest absolute Gasteiger partial charge is 0.269 e. The third kappa shape index (κ3) is 3.00. The monoisotopic (exact) mass is 274 g/mol. The van der Waals surface area contributed by atoms with E-state index in [0.29, 0.717) is 23.8 Å². The fraction of sp³-hybridized carbons (Fsp3) is 0.385. The van der Waals surface area contributed by atoms with Crippen LogP contribution in [0.15, 0.2) is 28.8 Å². The van der Waals surface area contributed by atoms with Gasteiger partial charge < -0.3 is 9.84 Å². The zero-order valence-electron chi connectivity index (χ0n) is 10.8. The first-order valence-corrected chi connectivity index (χ1v) is 6.50. The number of nitrogens with one attached hydrogen (secondary N) is 1. The highest BCUT2D eigenvalue weighted by atomic mass is 16.6. The lowest BCUT2D eigenvalue weighted by atomic mass is 10.2. The van der Waals surface area contributed by atoms with Crippen LogP contribution in [0.25, 0.3) is 11.4 Å². The quantitative estimate of drug-likeness (QED) is 0.640. The zero-order chi connectivity index (χ0) is 13.9. The minimum atomic E-state index is -0.437. The number of nitro groups is 1.